The van der Waals surface area contributed by atoms with E-state index in [0.29, 0.717) is 12.2 Å². The van der Waals surface area contributed by atoms with E-state index in [2.05, 4.69) is 5.32 Å². The van der Waals surface area contributed by atoms with Gasteiger partial charge in [0.05, 0.1) is 12.7 Å². The number of carbonyl (C=O) groups is 1. The van der Waals surface area contributed by atoms with E-state index in [1.165, 1.54) is 0 Å². The minimum atomic E-state index is -0.515. The molecule has 0 heterocycles. The summed E-state index contributed by atoms with van der Waals surface area (Å²) in [4.78, 5) is 14.1. The van der Waals surface area contributed by atoms with Crippen molar-refractivity contribution in [2.24, 2.45) is 0 Å². The molecule has 1 aromatic carbocycles. The molecule has 2 amide bonds. The van der Waals surface area contributed by atoms with Gasteiger partial charge in [-0.15, -0.1) is 0 Å². The number of hydrogen-bond acceptors (Lipinski definition) is 3. The van der Waals surface area contributed by atoms with Crippen molar-refractivity contribution in [1.82, 2.24) is 4.90 Å². The van der Waals surface area contributed by atoms with Gasteiger partial charge in [-0.3, -0.25) is 0 Å². The van der Waals surface area contributed by atoms with Crippen LogP contribution in [0.3, 0.4) is 0 Å². The van der Waals surface area contributed by atoms with Gasteiger partial charge >= 0.3 is 6.03 Å². The van der Waals surface area contributed by atoms with Crippen LogP contribution in [0, 0.1) is 0 Å². The monoisotopic (exact) mass is 292 g/mol. The zero-order valence-corrected chi connectivity index (χ0v) is 12.5. The summed E-state index contributed by atoms with van der Waals surface area (Å²) in [6.07, 6.45) is 3.79. The third kappa shape index (κ3) is 4.19. The van der Waals surface area contributed by atoms with Gasteiger partial charge in [0.1, 0.15) is 0 Å². The summed E-state index contributed by atoms with van der Waals surface area (Å²) < 4.78 is 0. The van der Waals surface area contributed by atoms with Gasteiger partial charge in [-0.25, -0.2) is 4.79 Å². The Labute approximate surface area is 125 Å². The van der Waals surface area contributed by atoms with Crippen LogP contribution in [0.15, 0.2) is 24.3 Å². The summed E-state index contributed by atoms with van der Waals surface area (Å²) in [7, 11) is 0. The Bertz CT molecular complexity index is 453. The fourth-order valence-corrected chi connectivity index (χ4v) is 2.81. The van der Waals surface area contributed by atoms with E-state index in [0.717, 1.165) is 31.2 Å². The maximum absolute atomic E-state index is 12.4. The van der Waals surface area contributed by atoms with Gasteiger partial charge in [-0.2, -0.15) is 0 Å². The largest absolute Gasteiger partial charge is 0.395 e. The Morgan fingerprint density at radius 2 is 1.95 bits per heavy atom. The highest BCUT2D eigenvalue weighted by Gasteiger charge is 2.26. The summed E-state index contributed by atoms with van der Waals surface area (Å²) in [5, 5.41) is 21.5. The van der Waals surface area contributed by atoms with Crippen molar-refractivity contribution >= 4 is 11.7 Å². The average Bonchev–Trinajstić information content (AvgIpc) is 2.99. The first kappa shape index (κ1) is 15.8. The smallest absolute Gasteiger partial charge is 0.322 e. The Hall–Kier alpha value is -1.59. The van der Waals surface area contributed by atoms with E-state index < -0.39 is 6.10 Å². The van der Waals surface area contributed by atoms with Crippen molar-refractivity contribution in [3.63, 3.8) is 0 Å². The molecule has 116 valence electrons. The summed E-state index contributed by atoms with van der Waals surface area (Å²) in [5.41, 5.74) is 1.52. The quantitative estimate of drug-likeness (QED) is 0.780. The van der Waals surface area contributed by atoms with E-state index in [1.807, 2.05) is 0 Å². The highest BCUT2D eigenvalue weighted by molar-refractivity contribution is 5.89. The molecule has 0 saturated heterocycles. The number of aliphatic hydroxyl groups excluding tert-OH is 2. The normalized spacial score (nSPS) is 16.7. The number of aliphatic hydroxyl groups is 2. The lowest BCUT2D eigenvalue weighted by Gasteiger charge is -2.28. The molecule has 1 saturated carbocycles. The van der Waals surface area contributed by atoms with Gasteiger partial charge in [0.25, 0.3) is 0 Å². The number of amides is 2. The molecule has 0 bridgehead atoms. The van der Waals surface area contributed by atoms with Crippen LogP contribution in [0.1, 0.15) is 44.3 Å². The van der Waals surface area contributed by atoms with Crippen LogP contribution in [0.4, 0.5) is 10.5 Å². The summed E-state index contributed by atoms with van der Waals surface area (Å²) >= 11 is 0. The van der Waals surface area contributed by atoms with Crippen LogP contribution in [0.2, 0.25) is 0 Å². The molecule has 21 heavy (non-hydrogen) atoms. The third-order valence-electron chi connectivity index (χ3n) is 4.01. The Balaban J connectivity index is 2.00. The molecule has 1 unspecified atom stereocenters. The highest BCUT2D eigenvalue weighted by atomic mass is 16.3. The van der Waals surface area contributed by atoms with Crippen LogP contribution in [-0.4, -0.2) is 40.3 Å². The number of anilines is 1. The van der Waals surface area contributed by atoms with Gasteiger partial charge < -0.3 is 20.4 Å². The SMILES string of the molecule is CC(O)c1ccc(NC(=O)N(CCO)C2CCCC2)cc1. The number of rotatable bonds is 5. The molecule has 1 atom stereocenters. The van der Waals surface area contributed by atoms with Crippen LogP contribution in [0.5, 0.6) is 0 Å². The predicted molar refractivity (Wildman–Crippen MR) is 82.1 cm³/mol. The van der Waals surface area contributed by atoms with Crippen LogP contribution in [0.25, 0.3) is 0 Å². The summed E-state index contributed by atoms with van der Waals surface area (Å²) in [6, 6.07) is 7.23. The zero-order chi connectivity index (χ0) is 15.2. The summed E-state index contributed by atoms with van der Waals surface area (Å²) in [6.45, 7) is 2.05. The second-order valence-electron chi connectivity index (χ2n) is 5.58. The van der Waals surface area contributed by atoms with E-state index in [9.17, 15) is 9.90 Å². The lowest BCUT2D eigenvalue weighted by atomic mass is 10.1. The molecular formula is C16H24N2O3. The second-order valence-corrected chi connectivity index (χ2v) is 5.58. The third-order valence-corrected chi connectivity index (χ3v) is 4.01. The first-order valence-electron chi connectivity index (χ1n) is 7.58. The van der Waals surface area contributed by atoms with E-state index in [1.54, 1.807) is 36.1 Å². The Morgan fingerprint density at radius 3 is 2.48 bits per heavy atom. The average molecular weight is 292 g/mol. The number of nitrogens with zero attached hydrogens (tertiary/aromatic N) is 1. The minimum absolute atomic E-state index is 0.0229. The lowest BCUT2D eigenvalue weighted by molar-refractivity contribution is 0.163. The lowest BCUT2D eigenvalue weighted by Crippen LogP contribution is -2.43. The summed E-state index contributed by atoms with van der Waals surface area (Å²) in [5.74, 6) is 0. The molecule has 5 nitrogen and oxygen atoms in total. The van der Waals surface area contributed by atoms with E-state index >= 15 is 0 Å². The molecule has 0 aliphatic heterocycles. The molecule has 3 N–H and O–H groups in total. The van der Waals surface area contributed by atoms with Crippen molar-refractivity contribution in [3.05, 3.63) is 29.8 Å². The predicted octanol–water partition coefficient (Wildman–Crippen LogP) is 2.51. The molecule has 1 fully saturated rings. The van der Waals surface area contributed by atoms with Crippen LogP contribution < -0.4 is 5.32 Å². The van der Waals surface area contributed by atoms with Crippen molar-refractivity contribution in [3.8, 4) is 0 Å². The topological polar surface area (TPSA) is 72.8 Å². The molecule has 5 heteroatoms. The molecule has 0 radical (unpaired) electrons. The first-order valence-corrected chi connectivity index (χ1v) is 7.58. The van der Waals surface area contributed by atoms with Gasteiger partial charge in [0.15, 0.2) is 0 Å². The van der Waals surface area contributed by atoms with Crippen molar-refractivity contribution in [1.29, 1.82) is 0 Å². The number of carbonyl (C=O) groups excluding carboxylic acids is 1. The fourth-order valence-electron chi connectivity index (χ4n) is 2.81. The number of urea groups is 1. The van der Waals surface area contributed by atoms with Crippen molar-refractivity contribution < 1.29 is 15.0 Å². The molecule has 1 aromatic rings. The maximum atomic E-state index is 12.4. The van der Waals surface area contributed by atoms with Crippen LogP contribution in [-0.2, 0) is 0 Å². The van der Waals surface area contributed by atoms with E-state index in [4.69, 9.17) is 5.11 Å². The highest BCUT2D eigenvalue weighted by Crippen LogP contribution is 2.24. The molecule has 2 rings (SSSR count). The molecular weight excluding hydrogens is 268 g/mol. The first-order chi connectivity index (χ1) is 10.1. The standard InChI is InChI=1S/C16H24N2O3/c1-12(20)13-6-8-14(9-7-13)17-16(21)18(10-11-19)15-4-2-3-5-15/h6-9,12,15,19-20H,2-5,10-11H2,1H3,(H,17,21). The van der Waals surface area contributed by atoms with Gasteiger partial charge in [0, 0.05) is 18.3 Å². The Morgan fingerprint density at radius 1 is 1.33 bits per heavy atom. The Kier molecular flexibility index (Phi) is 5.59. The minimum Gasteiger partial charge on any atom is -0.395 e. The molecule has 1 aliphatic carbocycles. The molecule has 0 aromatic heterocycles. The van der Waals surface area contributed by atoms with Gasteiger partial charge in [-0.1, -0.05) is 25.0 Å². The maximum Gasteiger partial charge on any atom is 0.322 e. The van der Waals surface area contributed by atoms with Crippen LogP contribution >= 0.6 is 0 Å². The number of nitrogens with one attached hydrogen (secondary N) is 1. The van der Waals surface area contributed by atoms with Gasteiger partial charge in [-0.05, 0) is 37.5 Å². The second kappa shape index (κ2) is 7.43. The van der Waals surface area contributed by atoms with Crippen molar-refractivity contribution in [2.45, 2.75) is 44.8 Å². The van der Waals surface area contributed by atoms with Crippen molar-refractivity contribution in [2.75, 3.05) is 18.5 Å². The van der Waals surface area contributed by atoms with E-state index in [-0.39, 0.29) is 18.7 Å². The fraction of sp³-hybridized carbons (Fsp3) is 0.562. The zero-order valence-electron chi connectivity index (χ0n) is 12.5. The number of benzene rings is 1. The van der Waals surface area contributed by atoms with Gasteiger partial charge in [0.2, 0.25) is 0 Å². The molecule has 0 spiro atoms. The number of hydrogen-bond donors (Lipinski definition) is 3. The molecule has 1 aliphatic rings.